The number of pyridine rings is 1. The van der Waals surface area contributed by atoms with Crippen LogP contribution in [0.3, 0.4) is 0 Å². The van der Waals surface area contributed by atoms with Gasteiger partial charge in [-0.2, -0.15) is 5.10 Å². The molecule has 17 heteroatoms. The number of carbonyl (C=O) groups is 5. The first kappa shape index (κ1) is 49.1. The maximum absolute atomic E-state index is 13.9. The van der Waals surface area contributed by atoms with Crippen LogP contribution in [-0.2, 0) is 39.1 Å². The number of para-hydroxylation sites is 1. The van der Waals surface area contributed by atoms with Gasteiger partial charge in [0.25, 0.3) is 5.91 Å². The number of thiazole rings is 1. The van der Waals surface area contributed by atoms with Crippen molar-refractivity contribution in [1.82, 2.24) is 30.0 Å². The van der Waals surface area contributed by atoms with E-state index in [9.17, 15) is 24.0 Å². The lowest BCUT2D eigenvalue weighted by Crippen LogP contribution is -2.39. The zero-order valence-electron chi connectivity index (χ0n) is 41.5. The highest BCUT2D eigenvalue weighted by atomic mass is 32.1. The number of nitrogens with one attached hydrogen (secondary N) is 3. The minimum absolute atomic E-state index is 0.0854. The van der Waals surface area contributed by atoms with Crippen LogP contribution in [0.15, 0.2) is 97.1 Å². The maximum Gasteiger partial charge on any atom is 0.358 e. The largest absolute Gasteiger partial charge is 0.494 e. The van der Waals surface area contributed by atoms with E-state index >= 15 is 0 Å². The van der Waals surface area contributed by atoms with Crippen molar-refractivity contribution in [1.29, 1.82) is 0 Å². The van der Waals surface area contributed by atoms with E-state index in [1.165, 1.54) is 11.3 Å². The predicted molar refractivity (Wildman–Crippen MR) is 282 cm³/mol. The first-order valence-corrected chi connectivity index (χ1v) is 25.9. The molecule has 1 unspecified atom stereocenters. The fraction of sp³-hybridized carbons (Fsp3) is 0.357. The SMILES string of the molecule is Cn1nc(C2CCC(=O)NC2=O)c2ccc(NC(=O)CN3CCC(CCCOc4cccc(-c5ccc(N6CCc7cccc(C(=O)Nc8nc9ccccc9s8)c7C6)nc5C(=O)OC(C)(C)C)c4)CC3)cc21. The van der Waals surface area contributed by atoms with Crippen molar-refractivity contribution in [2.45, 2.75) is 83.8 Å². The van der Waals surface area contributed by atoms with Crippen molar-refractivity contribution in [2.24, 2.45) is 13.0 Å². The van der Waals surface area contributed by atoms with Crippen LogP contribution >= 0.6 is 11.3 Å². The third-order valence-corrected chi connectivity index (χ3v) is 14.8. The summed E-state index contributed by atoms with van der Waals surface area (Å²) in [5, 5.41) is 14.5. The Morgan fingerprint density at radius 3 is 2.49 bits per heavy atom. The number of amides is 4. The van der Waals surface area contributed by atoms with Crippen LogP contribution in [-0.4, -0.2) is 92.6 Å². The molecule has 10 rings (SSSR count). The number of piperidine rings is 2. The summed E-state index contributed by atoms with van der Waals surface area (Å²) >= 11 is 1.44. The highest BCUT2D eigenvalue weighted by Crippen LogP contribution is 2.35. The van der Waals surface area contributed by atoms with E-state index < -0.39 is 17.5 Å². The number of rotatable bonds is 14. The van der Waals surface area contributed by atoms with Crippen LogP contribution in [0.2, 0.25) is 0 Å². The predicted octanol–water partition coefficient (Wildman–Crippen LogP) is 9.05. The Bertz CT molecular complexity index is 3230. The highest BCUT2D eigenvalue weighted by Gasteiger charge is 2.32. The Kier molecular flexibility index (Phi) is 14.1. The summed E-state index contributed by atoms with van der Waals surface area (Å²) in [7, 11) is 1.81. The first-order chi connectivity index (χ1) is 35.2. The fourth-order valence-electron chi connectivity index (χ4n) is 10.1. The first-order valence-electron chi connectivity index (χ1n) is 25.0. The number of imide groups is 1. The van der Waals surface area contributed by atoms with Crippen LogP contribution in [0.5, 0.6) is 5.75 Å². The molecule has 3 aliphatic rings. The molecule has 16 nitrogen and oxygen atoms in total. The molecule has 3 aliphatic heterocycles. The van der Waals surface area contributed by atoms with Gasteiger partial charge in [-0.15, -0.1) is 0 Å². The maximum atomic E-state index is 13.9. The van der Waals surface area contributed by atoms with Gasteiger partial charge in [0, 0.05) is 48.8 Å². The quantitative estimate of drug-likeness (QED) is 0.0533. The molecule has 6 heterocycles. The fourth-order valence-corrected chi connectivity index (χ4v) is 11.0. The number of hydrogen-bond donors (Lipinski definition) is 3. The van der Waals surface area contributed by atoms with Crippen molar-refractivity contribution in [3.05, 3.63) is 125 Å². The Labute approximate surface area is 427 Å². The van der Waals surface area contributed by atoms with Gasteiger partial charge in [0.15, 0.2) is 10.8 Å². The van der Waals surface area contributed by atoms with Crippen LogP contribution in [0.4, 0.5) is 16.6 Å². The molecule has 0 saturated carbocycles. The summed E-state index contributed by atoms with van der Waals surface area (Å²) in [5.41, 5.74) is 6.40. The van der Waals surface area contributed by atoms with Gasteiger partial charge in [-0.1, -0.05) is 47.7 Å². The highest BCUT2D eigenvalue weighted by molar-refractivity contribution is 7.22. The van der Waals surface area contributed by atoms with Crippen LogP contribution in [0.25, 0.3) is 32.2 Å². The topological polar surface area (TPSA) is 190 Å². The van der Waals surface area contributed by atoms with E-state index in [2.05, 4.69) is 41.9 Å². The lowest BCUT2D eigenvalue weighted by Gasteiger charge is -2.31. The molecule has 3 aromatic heterocycles. The number of benzene rings is 4. The van der Waals surface area contributed by atoms with Gasteiger partial charge in [-0.3, -0.25) is 39.4 Å². The Morgan fingerprint density at radius 2 is 1.68 bits per heavy atom. The molecule has 0 aliphatic carbocycles. The Hall–Kier alpha value is -7.50. The van der Waals surface area contributed by atoms with E-state index in [4.69, 9.17) is 14.5 Å². The summed E-state index contributed by atoms with van der Waals surface area (Å²) in [6.45, 7) is 9.10. The van der Waals surface area contributed by atoms with E-state index in [0.29, 0.717) is 84.2 Å². The molecule has 4 aromatic carbocycles. The van der Waals surface area contributed by atoms with E-state index in [-0.39, 0.29) is 35.7 Å². The molecule has 7 aromatic rings. The van der Waals surface area contributed by atoms with Gasteiger partial charge in [-0.25, -0.2) is 14.8 Å². The van der Waals surface area contributed by atoms with E-state index in [0.717, 1.165) is 76.6 Å². The number of carbonyl (C=O) groups excluding carboxylic acids is 5. The smallest absolute Gasteiger partial charge is 0.358 e. The second kappa shape index (κ2) is 20.9. The molecule has 0 bridgehead atoms. The molecule has 3 N–H and O–H groups in total. The summed E-state index contributed by atoms with van der Waals surface area (Å²) in [6, 6.07) is 30.8. The average molecular weight is 1000 g/mol. The van der Waals surface area contributed by atoms with Crippen molar-refractivity contribution in [2.75, 3.05) is 48.3 Å². The number of likely N-dealkylation sites (tertiary alicyclic amines) is 1. The van der Waals surface area contributed by atoms with Gasteiger partial charge in [-0.05, 0) is 156 Å². The second-order valence-corrected chi connectivity index (χ2v) is 21.2. The van der Waals surface area contributed by atoms with Crippen molar-refractivity contribution < 1.29 is 33.4 Å². The molecule has 73 heavy (non-hydrogen) atoms. The standard InChI is InChI=1S/C56H59N9O7S/c1-56(2,3)72-54(70)51-39(19-21-47(59-51)65-28-25-35-11-8-14-40(43(35)32-65)52(68)61-55-58-44-15-5-6-16-46(44)73-55)36-12-7-13-38(30-36)71-29-9-10-34-23-26-64(27-24-34)33-49(67)57-37-17-18-41-45(31-37)63(4)62-50(41)42-20-22-48(66)60-53(42)69/h5-8,11-19,21,30-31,34,42H,9-10,20,22-29,32-33H2,1-4H3,(H,57,67)(H,58,61,68)(H,60,66,69). The molecule has 4 amide bonds. The average Bonchev–Trinajstić information content (AvgIpc) is 3.94. The van der Waals surface area contributed by atoms with Crippen LogP contribution in [0, 0.1) is 5.92 Å². The number of ether oxygens (including phenoxy) is 2. The van der Waals surface area contributed by atoms with Gasteiger partial charge < -0.3 is 19.7 Å². The number of anilines is 3. The minimum Gasteiger partial charge on any atom is -0.494 e. The number of fused-ring (bicyclic) bond motifs is 3. The third kappa shape index (κ3) is 11.3. The number of nitrogens with zero attached hydrogens (tertiary/aromatic N) is 6. The van der Waals surface area contributed by atoms with Gasteiger partial charge in [0.05, 0.1) is 40.5 Å². The van der Waals surface area contributed by atoms with E-state index in [1.807, 2.05) is 119 Å². The normalized spacial score (nSPS) is 16.5. The van der Waals surface area contributed by atoms with E-state index in [1.54, 1.807) is 4.68 Å². The van der Waals surface area contributed by atoms with Gasteiger partial charge >= 0.3 is 5.97 Å². The van der Waals surface area contributed by atoms with Gasteiger partial charge in [0.1, 0.15) is 17.2 Å². The number of aryl methyl sites for hydroxylation is 1. The molecule has 2 fully saturated rings. The number of aromatic nitrogens is 4. The lowest BCUT2D eigenvalue weighted by molar-refractivity contribution is -0.134. The lowest BCUT2D eigenvalue weighted by atomic mass is 9.92. The molecule has 0 radical (unpaired) electrons. The van der Waals surface area contributed by atoms with Crippen molar-refractivity contribution >= 4 is 78.7 Å². The summed E-state index contributed by atoms with van der Waals surface area (Å²) in [6.07, 6.45) is 5.27. The number of hydrogen-bond acceptors (Lipinski definition) is 13. The minimum atomic E-state index is -0.746. The molecular formula is C56H59N9O7S. The number of esters is 1. The van der Waals surface area contributed by atoms with Crippen LogP contribution in [0.1, 0.15) is 103 Å². The summed E-state index contributed by atoms with van der Waals surface area (Å²) in [5.74, 6) is -0.0765. The zero-order valence-corrected chi connectivity index (χ0v) is 42.4. The Morgan fingerprint density at radius 1 is 0.863 bits per heavy atom. The summed E-state index contributed by atoms with van der Waals surface area (Å²) in [4.78, 5) is 79.0. The Balaban J connectivity index is 0.728. The molecule has 1 atom stereocenters. The molecular weight excluding hydrogens is 943 g/mol. The molecule has 2 saturated heterocycles. The van der Waals surface area contributed by atoms with Crippen LogP contribution < -0.4 is 25.6 Å². The third-order valence-electron chi connectivity index (χ3n) is 13.8. The monoisotopic (exact) mass is 1000 g/mol. The second-order valence-electron chi connectivity index (χ2n) is 20.2. The molecule has 0 spiro atoms. The van der Waals surface area contributed by atoms with Gasteiger partial charge in [0.2, 0.25) is 17.7 Å². The summed E-state index contributed by atoms with van der Waals surface area (Å²) < 4.78 is 14.9. The zero-order chi connectivity index (χ0) is 50.8. The van der Waals surface area contributed by atoms with Crippen molar-refractivity contribution in [3.63, 3.8) is 0 Å². The van der Waals surface area contributed by atoms with Crippen molar-refractivity contribution in [3.8, 4) is 16.9 Å². The molecule has 376 valence electrons.